The molecule has 1 heterocycles. The number of carbonyl (C=O) groups is 1. The highest BCUT2D eigenvalue weighted by molar-refractivity contribution is 5.81. The van der Waals surface area contributed by atoms with Crippen molar-refractivity contribution in [2.45, 2.75) is 26.3 Å². The van der Waals surface area contributed by atoms with Crippen LogP contribution in [0.25, 0.3) is 0 Å². The molecule has 2 N–H and O–H groups in total. The fraction of sp³-hybridized carbons (Fsp3) is 0.900. The van der Waals surface area contributed by atoms with Gasteiger partial charge in [-0.1, -0.05) is 0 Å². The minimum atomic E-state index is -0.374. The molecule has 0 radical (unpaired) electrons. The van der Waals surface area contributed by atoms with E-state index in [2.05, 4.69) is 0 Å². The van der Waals surface area contributed by atoms with E-state index in [0.29, 0.717) is 5.92 Å². The molecule has 0 saturated carbocycles. The van der Waals surface area contributed by atoms with Gasteiger partial charge < -0.3 is 15.4 Å². The van der Waals surface area contributed by atoms with Gasteiger partial charge in [0.25, 0.3) is 0 Å². The molecule has 0 aromatic rings. The largest absolute Gasteiger partial charge is 0.381 e. The SMILES string of the molecule is CCOC[C@@H]1CCN(C(=O)[C@@H](C)N)C1. The first-order valence-corrected chi connectivity index (χ1v) is 5.27. The Bertz CT molecular complexity index is 195. The Hall–Kier alpha value is -0.610. The second-order valence-corrected chi connectivity index (χ2v) is 3.89. The molecular weight excluding hydrogens is 180 g/mol. The smallest absolute Gasteiger partial charge is 0.239 e. The van der Waals surface area contributed by atoms with E-state index in [4.69, 9.17) is 10.5 Å². The Kier molecular flexibility index (Phi) is 4.35. The van der Waals surface area contributed by atoms with Crippen molar-refractivity contribution in [3.63, 3.8) is 0 Å². The van der Waals surface area contributed by atoms with Crippen molar-refractivity contribution in [2.75, 3.05) is 26.3 Å². The van der Waals surface area contributed by atoms with Crippen LogP contribution in [0.15, 0.2) is 0 Å². The Morgan fingerprint density at radius 1 is 1.71 bits per heavy atom. The lowest BCUT2D eigenvalue weighted by Gasteiger charge is -2.18. The van der Waals surface area contributed by atoms with Gasteiger partial charge >= 0.3 is 0 Å². The van der Waals surface area contributed by atoms with Gasteiger partial charge in [0.2, 0.25) is 5.91 Å². The zero-order chi connectivity index (χ0) is 10.6. The number of nitrogens with two attached hydrogens (primary N) is 1. The van der Waals surface area contributed by atoms with Gasteiger partial charge in [0.1, 0.15) is 0 Å². The van der Waals surface area contributed by atoms with E-state index in [0.717, 1.165) is 32.7 Å². The Labute approximate surface area is 85.4 Å². The molecule has 0 aromatic heterocycles. The summed E-state index contributed by atoms with van der Waals surface area (Å²) in [5, 5.41) is 0. The maximum absolute atomic E-state index is 11.5. The molecule has 0 aliphatic carbocycles. The molecule has 4 nitrogen and oxygen atoms in total. The van der Waals surface area contributed by atoms with Crippen molar-refractivity contribution in [3.8, 4) is 0 Å². The lowest BCUT2D eigenvalue weighted by molar-refractivity contribution is -0.131. The van der Waals surface area contributed by atoms with Crippen molar-refractivity contribution >= 4 is 5.91 Å². The Morgan fingerprint density at radius 2 is 2.43 bits per heavy atom. The second-order valence-electron chi connectivity index (χ2n) is 3.89. The maximum atomic E-state index is 11.5. The van der Waals surface area contributed by atoms with Crippen molar-refractivity contribution in [1.82, 2.24) is 4.90 Å². The zero-order valence-corrected chi connectivity index (χ0v) is 9.03. The van der Waals surface area contributed by atoms with Gasteiger partial charge in [-0.3, -0.25) is 4.79 Å². The molecule has 1 saturated heterocycles. The van der Waals surface area contributed by atoms with Crippen LogP contribution in [0.1, 0.15) is 20.3 Å². The molecule has 14 heavy (non-hydrogen) atoms. The molecule has 1 rings (SSSR count). The monoisotopic (exact) mass is 200 g/mol. The van der Waals surface area contributed by atoms with Crippen LogP contribution in [-0.4, -0.2) is 43.2 Å². The van der Waals surface area contributed by atoms with Crippen LogP contribution in [0.2, 0.25) is 0 Å². The van der Waals surface area contributed by atoms with Gasteiger partial charge in [0.15, 0.2) is 0 Å². The highest BCUT2D eigenvalue weighted by atomic mass is 16.5. The summed E-state index contributed by atoms with van der Waals surface area (Å²) in [7, 11) is 0. The molecule has 2 atom stereocenters. The highest BCUT2D eigenvalue weighted by Crippen LogP contribution is 2.16. The number of amides is 1. The van der Waals surface area contributed by atoms with E-state index in [1.807, 2.05) is 11.8 Å². The number of carbonyl (C=O) groups excluding carboxylic acids is 1. The van der Waals surface area contributed by atoms with Crippen molar-refractivity contribution in [3.05, 3.63) is 0 Å². The quantitative estimate of drug-likeness (QED) is 0.706. The summed E-state index contributed by atoms with van der Waals surface area (Å²) in [5.41, 5.74) is 5.54. The van der Waals surface area contributed by atoms with Crippen LogP contribution in [0.5, 0.6) is 0 Å². The molecule has 1 aliphatic heterocycles. The predicted molar refractivity (Wildman–Crippen MR) is 54.8 cm³/mol. The van der Waals surface area contributed by atoms with Crippen LogP contribution >= 0.6 is 0 Å². The first-order valence-electron chi connectivity index (χ1n) is 5.27. The van der Waals surface area contributed by atoms with Gasteiger partial charge in [-0.05, 0) is 20.3 Å². The number of hydrogen-bond donors (Lipinski definition) is 1. The number of likely N-dealkylation sites (tertiary alicyclic amines) is 1. The Balaban J connectivity index is 2.30. The van der Waals surface area contributed by atoms with Crippen molar-refractivity contribution in [2.24, 2.45) is 11.7 Å². The first kappa shape index (κ1) is 11.5. The van der Waals surface area contributed by atoms with E-state index in [1.165, 1.54) is 0 Å². The first-order chi connectivity index (χ1) is 6.65. The van der Waals surface area contributed by atoms with E-state index in [9.17, 15) is 4.79 Å². The summed E-state index contributed by atoms with van der Waals surface area (Å²) in [5.74, 6) is 0.557. The standard InChI is InChI=1S/C10H20N2O2/c1-3-14-7-9-4-5-12(6-9)10(13)8(2)11/h8-9H,3-7,11H2,1-2H3/t8-,9-/m1/s1. The van der Waals surface area contributed by atoms with Crippen molar-refractivity contribution in [1.29, 1.82) is 0 Å². The topological polar surface area (TPSA) is 55.6 Å². The number of nitrogens with zero attached hydrogens (tertiary/aromatic N) is 1. The average Bonchev–Trinajstić information content (AvgIpc) is 2.61. The molecule has 4 heteroatoms. The summed E-state index contributed by atoms with van der Waals surface area (Å²) >= 11 is 0. The van der Waals surface area contributed by atoms with E-state index >= 15 is 0 Å². The molecule has 82 valence electrons. The minimum Gasteiger partial charge on any atom is -0.381 e. The van der Waals surface area contributed by atoms with Gasteiger partial charge in [0.05, 0.1) is 12.6 Å². The van der Waals surface area contributed by atoms with E-state index in [1.54, 1.807) is 6.92 Å². The normalized spacial score (nSPS) is 23.9. The third-order valence-electron chi connectivity index (χ3n) is 2.54. The van der Waals surface area contributed by atoms with Gasteiger partial charge in [-0.2, -0.15) is 0 Å². The molecular formula is C10H20N2O2. The molecule has 0 aromatic carbocycles. The minimum absolute atomic E-state index is 0.0593. The molecule has 0 bridgehead atoms. The molecule has 0 spiro atoms. The average molecular weight is 200 g/mol. The predicted octanol–water partition coefficient (Wildman–Crippen LogP) is 0.219. The molecule has 0 unspecified atom stereocenters. The van der Waals surface area contributed by atoms with Gasteiger partial charge in [-0.25, -0.2) is 0 Å². The third kappa shape index (κ3) is 2.96. The lowest BCUT2D eigenvalue weighted by atomic mass is 10.1. The van der Waals surface area contributed by atoms with Crippen LogP contribution in [0.3, 0.4) is 0 Å². The van der Waals surface area contributed by atoms with E-state index in [-0.39, 0.29) is 11.9 Å². The summed E-state index contributed by atoms with van der Waals surface area (Å²) in [4.78, 5) is 13.4. The van der Waals surface area contributed by atoms with E-state index < -0.39 is 0 Å². The third-order valence-corrected chi connectivity index (χ3v) is 2.54. The summed E-state index contributed by atoms with van der Waals surface area (Å²) in [6.45, 7) is 6.87. The fourth-order valence-electron chi connectivity index (χ4n) is 1.74. The summed E-state index contributed by atoms with van der Waals surface area (Å²) in [6.07, 6.45) is 1.04. The van der Waals surface area contributed by atoms with Crippen molar-refractivity contribution < 1.29 is 9.53 Å². The fourth-order valence-corrected chi connectivity index (χ4v) is 1.74. The number of rotatable bonds is 4. The summed E-state index contributed by atoms with van der Waals surface area (Å²) < 4.78 is 5.34. The number of hydrogen-bond acceptors (Lipinski definition) is 3. The highest BCUT2D eigenvalue weighted by Gasteiger charge is 2.27. The maximum Gasteiger partial charge on any atom is 0.239 e. The van der Waals surface area contributed by atoms with Crippen LogP contribution in [-0.2, 0) is 9.53 Å². The molecule has 1 amide bonds. The van der Waals surface area contributed by atoms with Crippen LogP contribution in [0, 0.1) is 5.92 Å². The Morgan fingerprint density at radius 3 is 3.00 bits per heavy atom. The molecule has 1 fully saturated rings. The van der Waals surface area contributed by atoms with Crippen LogP contribution < -0.4 is 5.73 Å². The zero-order valence-electron chi connectivity index (χ0n) is 9.03. The summed E-state index contributed by atoms with van der Waals surface area (Å²) in [6, 6.07) is -0.374. The van der Waals surface area contributed by atoms with Gasteiger partial charge in [0, 0.05) is 25.6 Å². The van der Waals surface area contributed by atoms with Crippen LogP contribution in [0.4, 0.5) is 0 Å². The van der Waals surface area contributed by atoms with Gasteiger partial charge in [-0.15, -0.1) is 0 Å². The molecule has 1 aliphatic rings. The lowest BCUT2D eigenvalue weighted by Crippen LogP contribution is -2.40. The number of ether oxygens (including phenoxy) is 1. The second kappa shape index (κ2) is 5.32.